The van der Waals surface area contributed by atoms with Gasteiger partial charge in [0.1, 0.15) is 5.75 Å². The van der Waals surface area contributed by atoms with Crippen LogP contribution < -0.4 is 10.1 Å². The molecule has 8 heteroatoms. The molecular weight excluding hydrogens is 244 g/mol. The topological polar surface area (TPSA) is 122 Å². The Balaban J connectivity index is 2.54. The van der Waals surface area contributed by atoms with Crippen molar-refractivity contribution in [3.63, 3.8) is 0 Å². The smallest absolute Gasteiger partial charge is 0.410 e. The van der Waals surface area contributed by atoms with Gasteiger partial charge in [0.25, 0.3) is 5.69 Å². The van der Waals surface area contributed by atoms with E-state index in [0.717, 1.165) is 6.07 Å². The summed E-state index contributed by atoms with van der Waals surface area (Å²) in [4.78, 5) is 21.1. The van der Waals surface area contributed by atoms with Crippen LogP contribution in [0.4, 0.5) is 10.5 Å². The van der Waals surface area contributed by atoms with E-state index in [1.54, 1.807) is 0 Å². The minimum absolute atomic E-state index is 0.0141. The molecule has 0 saturated heterocycles. The van der Waals surface area contributed by atoms with Gasteiger partial charge in [0.05, 0.1) is 23.7 Å². The van der Waals surface area contributed by atoms with Gasteiger partial charge in [-0.05, 0) is 6.07 Å². The third-order valence-corrected chi connectivity index (χ3v) is 1.93. The molecule has 1 unspecified atom stereocenters. The number of non-ortho nitro benzene ring substituents is 1. The van der Waals surface area contributed by atoms with E-state index in [0.29, 0.717) is 0 Å². The van der Waals surface area contributed by atoms with Gasteiger partial charge in [-0.3, -0.25) is 10.1 Å². The van der Waals surface area contributed by atoms with E-state index in [1.165, 1.54) is 18.2 Å². The monoisotopic (exact) mass is 256 g/mol. The molecule has 0 aliphatic carbocycles. The largest absolute Gasteiger partial charge is 0.412 e. The highest BCUT2D eigenvalue weighted by Crippen LogP contribution is 2.18. The summed E-state index contributed by atoms with van der Waals surface area (Å²) in [6.07, 6.45) is -1.95. The van der Waals surface area contributed by atoms with Gasteiger partial charge in [-0.25, -0.2) is 4.79 Å². The molecule has 1 aromatic carbocycles. The Morgan fingerprint density at radius 3 is 2.89 bits per heavy atom. The number of nitrogens with one attached hydrogen (secondary N) is 1. The first-order valence-electron chi connectivity index (χ1n) is 5.02. The normalized spacial score (nSPS) is 11.7. The zero-order valence-electron chi connectivity index (χ0n) is 9.28. The van der Waals surface area contributed by atoms with Crippen LogP contribution in [0.3, 0.4) is 0 Å². The average Bonchev–Trinajstić information content (AvgIpc) is 2.36. The summed E-state index contributed by atoms with van der Waals surface area (Å²) in [6.45, 7) is -0.665. The van der Waals surface area contributed by atoms with Crippen molar-refractivity contribution in [3.8, 4) is 5.75 Å². The molecule has 0 fully saturated rings. The number of benzene rings is 1. The van der Waals surface area contributed by atoms with Crippen LogP contribution in [0.1, 0.15) is 0 Å². The lowest BCUT2D eigenvalue weighted by Crippen LogP contribution is -2.35. The predicted molar refractivity (Wildman–Crippen MR) is 60.2 cm³/mol. The van der Waals surface area contributed by atoms with Gasteiger partial charge < -0.3 is 20.3 Å². The summed E-state index contributed by atoms with van der Waals surface area (Å²) in [5.74, 6) is 0.0141. The van der Waals surface area contributed by atoms with Crippen LogP contribution in [-0.2, 0) is 0 Å². The van der Waals surface area contributed by atoms with Crippen LogP contribution in [0.15, 0.2) is 24.3 Å². The second-order valence-corrected chi connectivity index (χ2v) is 3.36. The Labute approximate surface area is 102 Å². The summed E-state index contributed by atoms with van der Waals surface area (Å²) >= 11 is 0. The molecule has 0 saturated carbocycles. The van der Waals surface area contributed by atoms with E-state index >= 15 is 0 Å². The Morgan fingerprint density at radius 1 is 1.56 bits per heavy atom. The summed E-state index contributed by atoms with van der Waals surface area (Å²) in [5.41, 5.74) is -0.198. The number of nitro groups is 1. The van der Waals surface area contributed by atoms with Gasteiger partial charge in [0.2, 0.25) is 0 Å². The van der Waals surface area contributed by atoms with Crippen LogP contribution in [0.5, 0.6) is 5.75 Å². The summed E-state index contributed by atoms with van der Waals surface area (Å²) in [6, 6.07) is 5.13. The molecule has 18 heavy (non-hydrogen) atoms. The van der Waals surface area contributed by atoms with Crippen LogP contribution in [0.2, 0.25) is 0 Å². The van der Waals surface area contributed by atoms with E-state index in [4.69, 9.17) is 14.9 Å². The quantitative estimate of drug-likeness (QED) is 0.505. The molecule has 0 heterocycles. The number of amides is 1. The molecule has 3 N–H and O–H groups in total. The van der Waals surface area contributed by atoms with Crippen LogP contribution >= 0.6 is 0 Å². The van der Waals surface area contributed by atoms with Crippen molar-refractivity contribution < 1.29 is 24.7 Å². The lowest BCUT2D eigenvalue weighted by atomic mass is 10.3. The Hall–Kier alpha value is -2.19. The molecule has 1 aromatic rings. The van der Waals surface area contributed by atoms with Gasteiger partial charge in [-0.15, -0.1) is 0 Å². The molecular formula is C10H12N2O6. The lowest BCUT2D eigenvalue weighted by Gasteiger charge is -2.09. The minimum atomic E-state index is -1.08. The molecule has 1 amide bonds. The maximum atomic E-state index is 11.2. The van der Waals surface area contributed by atoms with Crippen LogP contribution in [0.25, 0.3) is 0 Å². The molecule has 98 valence electrons. The van der Waals surface area contributed by atoms with Crippen molar-refractivity contribution in [1.82, 2.24) is 5.32 Å². The molecule has 1 atom stereocenters. The number of rotatable bonds is 5. The SMILES string of the molecule is O=C(NCC(O)CO)Oc1cccc([N+](=O)[O-])c1. The second kappa shape index (κ2) is 6.52. The number of carbonyl (C=O) groups is 1. The standard InChI is InChI=1S/C10H12N2O6/c13-6-8(14)5-11-10(15)18-9-3-1-2-7(4-9)12(16)17/h1-4,8,13-14H,5-6H2,(H,11,15). The molecule has 0 aliphatic rings. The summed E-state index contributed by atoms with van der Waals surface area (Å²) < 4.78 is 4.75. The fraction of sp³-hybridized carbons (Fsp3) is 0.300. The Bertz CT molecular complexity index is 436. The number of nitro benzene ring substituents is 1. The van der Waals surface area contributed by atoms with E-state index in [9.17, 15) is 14.9 Å². The summed E-state index contributed by atoms with van der Waals surface area (Å²) in [7, 11) is 0. The van der Waals surface area contributed by atoms with Gasteiger partial charge >= 0.3 is 6.09 Å². The molecule has 0 aliphatic heterocycles. The maximum absolute atomic E-state index is 11.2. The van der Waals surface area contributed by atoms with Crippen molar-refractivity contribution >= 4 is 11.8 Å². The molecule has 0 radical (unpaired) electrons. The number of hydrogen-bond donors (Lipinski definition) is 3. The zero-order valence-corrected chi connectivity index (χ0v) is 9.28. The van der Waals surface area contributed by atoms with Gasteiger partial charge in [0.15, 0.2) is 0 Å². The molecule has 1 rings (SSSR count). The van der Waals surface area contributed by atoms with Gasteiger partial charge in [-0.1, -0.05) is 6.07 Å². The fourth-order valence-electron chi connectivity index (χ4n) is 1.07. The van der Waals surface area contributed by atoms with E-state index in [2.05, 4.69) is 5.32 Å². The minimum Gasteiger partial charge on any atom is -0.410 e. The zero-order chi connectivity index (χ0) is 13.5. The first-order valence-corrected chi connectivity index (χ1v) is 5.02. The van der Waals surface area contributed by atoms with Crippen molar-refractivity contribution in [1.29, 1.82) is 0 Å². The number of hydrogen-bond acceptors (Lipinski definition) is 6. The molecule has 0 aromatic heterocycles. The van der Waals surface area contributed by atoms with Crippen molar-refractivity contribution in [2.75, 3.05) is 13.2 Å². The van der Waals surface area contributed by atoms with E-state index in [-0.39, 0.29) is 18.0 Å². The van der Waals surface area contributed by atoms with E-state index in [1.807, 2.05) is 0 Å². The fourth-order valence-corrected chi connectivity index (χ4v) is 1.07. The molecule has 0 spiro atoms. The van der Waals surface area contributed by atoms with Crippen molar-refractivity contribution in [3.05, 3.63) is 34.4 Å². The molecule has 8 nitrogen and oxygen atoms in total. The van der Waals surface area contributed by atoms with Crippen molar-refractivity contribution in [2.45, 2.75) is 6.10 Å². The highest BCUT2D eigenvalue weighted by Gasteiger charge is 2.10. The number of aliphatic hydroxyl groups is 2. The Kier molecular flexibility index (Phi) is 5.03. The maximum Gasteiger partial charge on any atom is 0.412 e. The first kappa shape index (κ1) is 13.9. The predicted octanol–water partition coefficient (Wildman–Crippen LogP) is 0.0364. The second-order valence-electron chi connectivity index (χ2n) is 3.36. The third kappa shape index (κ3) is 4.36. The van der Waals surface area contributed by atoms with Crippen LogP contribution in [-0.4, -0.2) is 40.5 Å². The Morgan fingerprint density at radius 2 is 2.28 bits per heavy atom. The number of ether oxygens (including phenoxy) is 1. The highest BCUT2D eigenvalue weighted by molar-refractivity contribution is 5.70. The summed E-state index contributed by atoms with van der Waals surface area (Å²) in [5, 5.41) is 30.2. The van der Waals surface area contributed by atoms with Crippen LogP contribution in [0, 0.1) is 10.1 Å². The third-order valence-electron chi connectivity index (χ3n) is 1.93. The van der Waals surface area contributed by atoms with E-state index < -0.39 is 23.7 Å². The number of carbonyl (C=O) groups excluding carboxylic acids is 1. The molecule has 0 bridgehead atoms. The lowest BCUT2D eigenvalue weighted by molar-refractivity contribution is -0.384. The van der Waals surface area contributed by atoms with Gasteiger partial charge in [0, 0.05) is 12.6 Å². The number of nitrogens with zero attached hydrogens (tertiary/aromatic N) is 1. The average molecular weight is 256 g/mol. The van der Waals surface area contributed by atoms with Gasteiger partial charge in [-0.2, -0.15) is 0 Å². The first-order chi connectivity index (χ1) is 8.52. The number of aliphatic hydroxyl groups excluding tert-OH is 2. The van der Waals surface area contributed by atoms with Crippen molar-refractivity contribution in [2.24, 2.45) is 0 Å². The highest BCUT2D eigenvalue weighted by atomic mass is 16.6.